The molecule has 3 rings (SSSR count). The fourth-order valence-electron chi connectivity index (χ4n) is 4.92. The fraction of sp³-hybridized carbons (Fsp3) is 0.500. The van der Waals surface area contributed by atoms with Crippen LogP contribution in [0.4, 0.5) is 18.9 Å². The maximum atomic E-state index is 13.8. The highest BCUT2D eigenvalue weighted by Gasteiger charge is 2.35. The van der Waals surface area contributed by atoms with Crippen molar-refractivity contribution in [1.82, 2.24) is 10.2 Å². The van der Waals surface area contributed by atoms with Gasteiger partial charge in [0.25, 0.3) is 0 Å². The lowest BCUT2D eigenvalue weighted by Crippen LogP contribution is -2.54. The average Bonchev–Trinajstić information content (AvgIpc) is 2.89. The third-order valence-electron chi connectivity index (χ3n) is 7.04. The topological polar surface area (TPSA) is 86.8 Å². The van der Waals surface area contributed by atoms with E-state index in [1.807, 2.05) is 30.3 Å². The molecule has 7 nitrogen and oxygen atoms in total. The Kier molecular flexibility index (Phi) is 10.9. The van der Waals surface area contributed by atoms with Crippen LogP contribution in [-0.2, 0) is 32.2 Å². The molecule has 0 aromatic heterocycles. The highest BCUT2D eigenvalue weighted by molar-refractivity contribution is 7.92. The lowest BCUT2D eigenvalue weighted by atomic mass is 9.95. The highest BCUT2D eigenvalue weighted by Crippen LogP contribution is 2.36. The Labute approximate surface area is 238 Å². The molecular weight excluding hydrogens is 567 g/mol. The highest BCUT2D eigenvalue weighted by atomic mass is 35.5. The van der Waals surface area contributed by atoms with E-state index in [1.54, 1.807) is 6.92 Å². The van der Waals surface area contributed by atoms with Gasteiger partial charge in [-0.25, -0.2) is 8.42 Å². The maximum absolute atomic E-state index is 13.8. The minimum Gasteiger partial charge on any atom is -0.352 e. The molecule has 0 unspecified atom stereocenters. The first-order valence-electron chi connectivity index (χ1n) is 13.3. The molecule has 0 aliphatic heterocycles. The lowest BCUT2D eigenvalue weighted by Gasteiger charge is -2.34. The predicted molar refractivity (Wildman–Crippen MR) is 150 cm³/mol. The molecule has 0 spiro atoms. The largest absolute Gasteiger partial charge is 0.416 e. The van der Waals surface area contributed by atoms with Crippen LogP contribution in [0.5, 0.6) is 0 Å². The molecule has 1 fully saturated rings. The van der Waals surface area contributed by atoms with Crippen LogP contribution in [-0.4, -0.2) is 56.6 Å². The number of alkyl halides is 3. The fourth-order valence-corrected chi connectivity index (χ4v) is 6.04. The van der Waals surface area contributed by atoms with Gasteiger partial charge >= 0.3 is 6.18 Å². The van der Waals surface area contributed by atoms with Crippen LogP contribution in [0.15, 0.2) is 48.5 Å². The zero-order valence-corrected chi connectivity index (χ0v) is 24.2. The molecule has 40 heavy (non-hydrogen) atoms. The van der Waals surface area contributed by atoms with Gasteiger partial charge in [-0.2, -0.15) is 13.2 Å². The van der Waals surface area contributed by atoms with Crippen LogP contribution in [0, 0.1) is 0 Å². The van der Waals surface area contributed by atoms with Gasteiger partial charge in [0.2, 0.25) is 21.8 Å². The molecule has 2 aromatic carbocycles. The van der Waals surface area contributed by atoms with Crippen molar-refractivity contribution in [3.05, 3.63) is 64.7 Å². The van der Waals surface area contributed by atoms with Crippen molar-refractivity contribution in [2.24, 2.45) is 0 Å². The Bertz CT molecular complexity index is 1270. The Balaban J connectivity index is 1.93. The van der Waals surface area contributed by atoms with Crippen molar-refractivity contribution < 1.29 is 31.2 Å². The molecule has 1 aliphatic carbocycles. The standard InChI is InChI=1S/C28H35ClF3N3O4S/c1-3-24(27(37)33-22-12-8-5-9-13-22)34(17-16-20-10-6-4-7-11-20)26(36)19-35(40(2,38)39)25-18-21(28(30,31)32)14-15-23(25)29/h4,6-7,10-11,14-15,18,22,24H,3,5,8-9,12-13,16-17,19H2,1-2H3,(H,33,37)/t24-/m0/s1. The summed E-state index contributed by atoms with van der Waals surface area (Å²) in [7, 11) is -4.24. The molecule has 12 heteroatoms. The van der Waals surface area contributed by atoms with Gasteiger partial charge in [0.15, 0.2) is 0 Å². The number of anilines is 1. The minimum absolute atomic E-state index is 0.00203. The van der Waals surface area contributed by atoms with E-state index in [9.17, 15) is 31.2 Å². The number of hydrogen-bond acceptors (Lipinski definition) is 4. The second-order valence-electron chi connectivity index (χ2n) is 10.0. The Hall–Kier alpha value is -2.79. The van der Waals surface area contributed by atoms with E-state index in [2.05, 4.69) is 5.32 Å². The number of sulfonamides is 1. The normalized spacial score (nSPS) is 15.3. The van der Waals surface area contributed by atoms with Crippen molar-refractivity contribution in [1.29, 1.82) is 0 Å². The SMILES string of the molecule is CC[C@@H](C(=O)NC1CCCCC1)N(CCc1ccccc1)C(=O)CN(c1cc(C(F)(F)F)ccc1Cl)S(C)(=O)=O. The van der Waals surface area contributed by atoms with E-state index in [4.69, 9.17) is 11.6 Å². The summed E-state index contributed by atoms with van der Waals surface area (Å²) in [5.74, 6) is -1.06. The number of amides is 2. The minimum atomic E-state index is -4.75. The maximum Gasteiger partial charge on any atom is 0.416 e. The Morgan fingerprint density at radius 3 is 2.30 bits per heavy atom. The van der Waals surface area contributed by atoms with Crippen molar-refractivity contribution in [2.45, 2.75) is 70.1 Å². The quantitative estimate of drug-likeness (QED) is 0.372. The molecule has 1 N–H and O–H groups in total. The number of nitrogens with zero attached hydrogens (tertiary/aromatic N) is 2. The van der Waals surface area contributed by atoms with E-state index < -0.39 is 45.9 Å². The van der Waals surface area contributed by atoms with Gasteiger partial charge in [0.1, 0.15) is 12.6 Å². The van der Waals surface area contributed by atoms with E-state index in [0.29, 0.717) is 16.8 Å². The monoisotopic (exact) mass is 601 g/mol. The van der Waals surface area contributed by atoms with E-state index in [0.717, 1.165) is 56.1 Å². The molecule has 2 aromatic rings. The number of hydrogen-bond donors (Lipinski definition) is 1. The summed E-state index contributed by atoms with van der Waals surface area (Å²) >= 11 is 6.14. The molecule has 1 aliphatic rings. The predicted octanol–water partition coefficient (Wildman–Crippen LogP) is 5.42. The number of nitrogens with one attached hydrogen (secondary N) is 1. The summed E-state index contributed by atoms with van der Waals surface area (Å²) in [6.45, 7) is 1.04. The van der Waals surface area contributed by atoms with Gasteiger partial charge < -0.3 is 10.2 Å². The van der Waals surface area contributed by atoms with Crippen LogP contribution in [0.25, 0.3) is 0 Å². The van der Waals surface area contributed by atoms with Crippen LogP contribution in [0.3, 0.4) is 0 Å². The second kappa shape index (κ2) is 13.7. The second-order valence-corrected chi connectivity index (χ2v) is 12.3. The van der Waals surface area contributed by atoms with Crippen LogP contribution < -0.4 is 9.62 Å². The number of halogens is 4. The van der Waals surface area contributed by atoms with Gasteiger partial charge in [-0.05, 0) is 49.4 Å². The summed E-state index contributed by atoms with van der Waals surface area (Å²) in [5.41, 5.74) is -0.661. The first kappa shape index (κ1) is 31.7. The van der Waals surface area contributed by atoms with Gasteiger partial charge in [-0.1, -0.05) is 68.1 Å². The van der Waals surface area contributed by atoms with Crippen LogP contribution in [0.1, 0.15) is 56.6 Å². The first-order valence-corrected chi connectivity index (χ1v) is 15.5. The summed E-state index contributed by atoms with van der Waals surface area (Å²) in [6, 6.07) is 10.7. The van der Waals surface area contributed by atoms with E-state index >= 15 is 0 Å². The van der Waals surface area contributed by atoms with E-state index in [-0.39, 0.29) is 29.9 Å². The molecule has 2 amide bonds. The number of carbonyl (C=O) groups is 2. The molecule has 220 valence electrons. The van der Waals surface area contributed by atoms with Gasteiger partial charge in [-0.3, -0.25) is 13.9 Å². The third-order valence-corrected chi connectivity index (χ3v) is 8.49. The smallest absolute Gasteiger partial charge is 0.352 e. The molecule has 1 atom stereocenters. The van der Waals surface area contributed by atoms with Gasteiger partial charge in [0, 0.05) is 12.6 Å². The van der Waals surface area contributed by atoms with Crippen molar-refractivity contribution in [3.8, 4) is 0 Å². The van der Waals surface area contributed by atoms with Crippen molar-refractivity contribution in [3.63, 3.8) is 0 Å². The Morgan fingerprint density at radius 1 is 1.07 bits per heavy atom. The summed E-state index contributed by atoms with van der Waals surface area (Å²) in [6.07, 6.45) is 1.48. The lowest BCUT2D eigenvalue weighted by molar-refractivity contribution is -0.140. The average molecular weight is 602 g/mol. The summed E-state index contributed by atoms with van der Waals surface area (Å²) < 4.78 is 66.3. The Morgan fingerprint density at radius 2 is 1.73 bits per heavy atom. The number of benzene rings is 2. The zero-order chi connectivity index (χ0) is 29.5. The van der Waals surface area contributed by atoms with Crippen molar-refractivity contribution in [2.75, 3.05) is 23.7 Å². The molecular formula is C28H35ClF3N3O4S. The summed E-state index contributed by atoms with van der Waals surface area (Å²) in [5, 5.41) is 2.78. The van der Waals surface area contributed by atoms with Gasteiger partial charge in [-0.15, -0.1) is 0 Å². The molecule has 0 bridgehead atoms. The van der Waals surface area contributed by atoms with Gasteiger partial charge in [0.05, 0.1) is 22.5 Å². The summed E-state index contributed by atoms with van der Waals surface area (Å²) in [4.78, 5) is 28.5. The number of carbonyl (C=O) groups excluding carboxylic acids is 2. The third kappa shape index (κ3) is 8.60. The van der Waals surface area contributed by atoms with Crippen molar-refractivity contribution >= 4 is 39.1 Å². The number of rotatable bonds is 11. The zero-order valence-electron chi connectivity index (χ0n) is 22.6. The van der Waals surface area contributed by atoms with Crippen LogP contribution in [0.2, 0.25) is 5.02 Å². The molecule has 0 radical (unpaired) electrons. The van der Waals surface area contributed by atoms with Crippen LogP contribution >= 0.6 is 11.6 Å². The molecule has 0 saturated heterocycles. The first-order chi connectivity index (χ1) is 18.8. The van der Waals surface area contributed by atoms with E-state index in [1.165, 1.54) is 4.90 Å². The molecule has 0 heterocycles. The molecule has 1 saturated carbocycles.